The van der Waals surface area contributed by atoms with Crippen molar-refractivity contribution in [1.29, 1.82) is 0 Å². The van der Waals surface area contributed by atoms with Crippen LogP contribution < -0.4 is 10.1 Å². The van der Waals surface area contributed by atoms with E-state index in [1.54, 1.807) is 6.20 Å². The molecular formula is C17H26N4O2. The Bertz CT molecular complexity index is 503. The van der Waals surface area contributed by atoms with Gasteiger partial charge >= 0.3 is 0 Å². The minimum atomic E-state index is 0.173. The molecule has 0 saturated carbocycles. The molecule has 2 fully saturated rings. The van der Waals surface area contributed by atoms with Gasteiger partial charge in [0.25, 0.3) is 0 Å². The summed E-state index contributed by atoms with van der Waals surface area (Å²) in [7, 11) is 1.85. The summed E-state index contributed by atoms with van der Waals surface area (Å²) < 4.78 is 11.4. The van der Waals surface area contributed by atoms with E-state index in [1.165, 1.54) is 0 Å². The number of rotatable bonds is 4. The van der Waals surface area contributed by atoms with E-state index in [0.717, 1.165) is 58.1 Å². The molecule has 6 heteroatoms. The molecule has 0 aliphatic carbocycles. The van der Waals surface area contributed by atoms with Crippen molar-refractivity contribution in [3.8, 4) is 5.88 Å². The third-order valence-corrected chi connectivity index (χ3v) is 4.47. The SMILES string of the molecule is CN=C(NCC1CCOCC1)N1CCC(Oc2ccccn2)C1. The second-order valence-electron chi connectivity index (χ2n) is 6.13. The molecule has 2 aliphatic rings. The first-order valence-electron chi connectivity index (χ1n) is 8.46. The standard InChI is InChI=1S/C17H26N4O2/c1-18-17(20-12-14-6-10-22-11-7-14)21-9-5-15(13-21)23-16-4-2-3-8-19-16/h2-4,8,14-15H,5-7,9-13H2,1H3,(H,18,20). The zero-order chi connectivity index (χ0) is 15.9. The monoisotopic (exact) mass is 318 g/mol. The number of hydrogen-bond acceptors (Lipinski definition) is 4. The Morgan fingerprint density at radius 1 is 1.39 bits per heavy atom. The van der Waals surface area contributed by atoms with Crippen LogP contribution in [0, 0.1) is 5.92 Å². The summed E-state index contributed by atoms with van der Waals surface area (Å²) in [6, 6.07) is 5.75. The lowest BCUT2D eigenvalue weighted by Gasteiger charge is -2.26. The van der Waals surface area contributed by atoms with Crippen molar-refractivity contribution < 1.29 is 9.47 Å². The van der Waals surface area contributed by atoms with Gasteiger partial charge in [-0.2, -0.15) is 0 Å². The first kappa shape index (κ1) is 16.1. The number of nitrogens with one attached hydrogen (secondary N) is 1. The van der Waals surface area contributed by atoms with Crippen molar-refractivity contribution in [3.63, 3.8) is 0 Å². The number of aliphatic imine (C=N–C) groups is 1. The maximum Gasteiger partial charge on any atom is 0.213 e. The highest BCUT2D eigenvalue weighted by Crippen LogP contribution is 2.17. The van der Waals surface area contributed by atoms with Gasteiger partial charge in [-0.25, -0.2) is 4.98 Å². The fourth-order valence-electron chi connectivity index (χ4n) is 3.12. The third-order valence-electron chi connectivity index (χ3n) is 4.47. The Morgan fingerprint density at radius 2 is 2.26 bits per heavy atom. The summed E-state index contributed by atoms with van der Waals surface area (Å²) in [4.78, 5) is 10.9. The van der Waals surface area contributed by atoms with Crippen molar-refractivity contribution in [2.75, 3.05) is 39.9 Å². The first-order valence-corrected chi connectivity index (χ1v) is 8.46. The number of nitrogens with zero attached hydrogens (tertiary/aromatic N) is 3. The first-order chi connectivity index (χ1) is 11.3. The highest BCUT2D eigenvalue weighted by atomic mass is 16.5. The minimum absolute atomic E-state index is 0.173. The molecule has 23 heavy (non-hydrogen) atoms. The molecule has 1 aromatic heterocycles. The minimum Gasteiger partial charge on any atom is -0.472 e. The molecule has 126 valence electrons. The predicted octanol–water partition coefficient (Wildman–Crippen LogP) is 1.54. The molecule has 3 rings (SSSR count). The van der Waals surface area contributed by atoms with Crippen molar-refractivity contribution >= 4 is 5.96 Å². The Kier molecular flexibility index (Phi) is 5.69. The number of ether oxygens (including phenoxy) is 2. The number of pyridine rings is 1. The van der Waals surface area contributed by atoms with Gasteiger partial charge in [-0.15, -0.1) is 0 Å². The second-order valence-corrected chi connectivity index (χ2v) is 6.13. The van der Waals surface area contributed by atoms with Crippen LogP contribution in [0.1, 0.15) is 19.3 Å². The number of aromatic nitrogens is 1. The summed E-state index contributed by atoms with van der Waals surface area (Å²) in [6.45, 7) is 4.55. The van der Waals surface area contributed by atoms with E-state index < -0.39 is 0 Å². The number of likely N-dealkylation sites (tertiary alicyclic amines) is 1. The van der Waals surface area contributed by atoms with E-state index in [4.69, 9.17) is 9.47 Å². The van der Waals surface area contributed by atoms with Gasteiger partial charge in [0.2, 0.25) is 5.88 Å². The van der Waals surface area contributed by atoms with E-state index >= 15 is 0 Å². The summed E-state index contributed by atoms with van der Waals surface area (Å²) in [5.41, 5.74) is 0. The van der Waals surface area contributed by atoms with Gasteiger partial charge in [-0.1, -0.05) is 6.07 Å². The van der Waals surface area contributed by atoms with Crippen LogP contribution in [0.5, 0.6) is 5.88 Å². The lowest BCUT2D eigenvalue weighted by molar-refractivity contribution is 0.0674. The quantitative estimate of drug-likeness (QED) is 0.674. The molecule has 0 radical (unpaired) electrons. The lowest BCUT2D eigenvalue weighted by Crippen LogP contribution is -2.43. The largest absolute Gasteiger partial charge is 0.472 e. The van der Waals surface area contributed by atoms with Gasteiger partial charge in [0.05, 0.1) is 6.54 Å². The molecule has 0 bridgehead atoms. The average molecular weight is 318 g/mol. The highest BCUT2D eigenvalue weighted by Gasteiger charge is 2.27. The van der Waals surface area contributed by atoms with Crippen molar-refractivity contribution in [3.05, 3.63) is 24.4 Å². The van der Waals surface area contributed by atoms with E-state index in [2.05, 4.69) is 20.2 Å². The van der Waals surface area contributed by atoms with Crippen LogP contribution in [-0.4, -0.2) is 61.8 Å². The van der Waals surface area contributed by atoms with Crippen molar-refractivity contribution in [1.82, 2.24) is 15.2 Å². The zero-order valence-electron chi connectivity index (χ0n) is 13.8. The number of guanidine groups is 1. The predicted molar refractivity (Wildman–Crippen MR) is 89.7 cm³/mol. The Hall–Kier alpha value is -1.82. The Morgan fingerprint density at radius 3 is 3.00 bits per heavy atom. The fraction of sp³-hybridized carbons (Fsp3) is 0.647. The molecule has 2 aliphatic heterocycles. The molecule has 6 nitrogen and oxygen atoms in total. The highest BCUT2D eigenvalue weighted by molar-refractivity contribution is 5.80. The molecule has 0 aromatic carbocycles. The molecular weight excluding hydrogens is 292 g/mol. The van der Waals surface area contributed by atoms with Crippen LogP contribution in [0.4, 0.5) is 0 Å². The normalized spacial score (nSPS) is 23.1. The summed E-state index contributed by atoms with van der Waals surface area (Å²) in [5.74, 6) is 2.36. The molecule has 1 atom stereocenters. The summed E-state index contributed by atoms with van der Waals surface area (Å²) in [5, 5.41) is 3.51. The molecule has 1 aromatic rings. The van der Waals surface area contributed by atoms with E-state index in [9.17, 15) is 0 Å². The Balaban J connectivity index is 1.46. The second kappa shape index (κ2) is 8.15. The molecule has 0 amide bonds. The average Bonchev–Trinajstić information content (AvgIpc) is 3.06. The van der Waals surface area contributed by atoms with E-state index in [1.807, 2.05) is 25.2 Å². The van der Waals surface area contributed by atoms with Crippen molar-refractivity contribution in [2.24, 2.45) is 10.9 Å². The Labute approximate surface area is 137 Å². The molecule has 2 saturated heterocycles. The van der Waals surface area contributed by atoms with Crippen LogP contribution in [0.25, 0.3) is 0 Å². The number of hydrogen-bond donors (Lipinski definition) is 1. The van der Waals surface area contributed by atoms with Crippen LogP contribution >= 0.6 is 0 Å². The molecule has 1 N–H and O–H groups in total. The lowest BCUT2D eigenvalue weighted by atomic mass is 10.0. The summed E-state index contributed by atoms with van der Waals surface area (Å²) in [6.07, 6.45) is 5.20. The fourth-order valence-corrected chi connectivity index (χ4v) is 3.12. The van der Waals surface area contributed by atoms with Gasteiger partial charge in [0, 0.05) is 52.0 Å². The topological polar surface area (TPSA) is 59.0 Å². The van der Waals surface area contributed by atoms with Crippen molar-refractivity contribution in [2.45, 2.75) is 25.4 Å². The van der Waals surface area contributed by atoms with Crippen LogP contribution in [0.3, 0.4) is 0 Å². The summed E-state index contributed by atoms with van der Waals surface area (Å²) >= 11 is 0. The van der Waals surface area contributed by atoms with E-state index in [0.29, 0.717) is 11.8 Å². The van der Waals surface area contributed by atoms with Crippen LogP contribution in [0.2, 0.25) is 0 Å². The van der Waals surface area contributed by atoms with Gasteiger partial charge in [0.1, 0.15) is 6.10 Å². The molecule has 3 heterocycles. The maximum atomic E-state index is 5.94. The third kappa shape index (κ3) is 4.58. The molecule has 0 spiro atoms. The van der Waals surface area contributed by atoms with Gasteiger partial charge in [-0.3, -0.25) is 4.99 Å². The van der Waals surface area contributed by atoms with E-state index in [-0.39, 0.29) is 6.10 Å². The smallest absolute Gasteiger partial charge is 0.213 e. The van der Waals surface area contributed by atoms with Gasteiger partial charge in [0.15, 0.2) is 5.96 Å². The van der Waals surface area contributed by atoms with Crippen LogP contribution in [0.15, 0.2) is 29.4 Å². The molecule has 1 unspecified atom stereocenters. The maximum absolute atomic E-state index is 5.94. The van der Waals surface area contributed by atoms with Gasteiger partial charge < -0.3 is 19.7 Å². The van der Waals surface area contributed by atoms with Crippen LogP contribution in [-0.2, 0) is 4.74 Å². The van der Waals surface area contributed by atoms with Gasteiger partial charge in [-0.05, 0) is 24.8 Å². The zero-order valence-corrected chi connectivity index (χ0v) is 13.8.